The molecule has 2 aromatic rings. The second kappa shape index (κ2) is 4.50. The third kappa shape index (κ3) is 2.26. The van der Waals surface area contributed by atoms with Gasteiger partial charge in [0.1, 0.15) is 5.82 Å². The monoisotopic (exact) mass is 228 g/mol. The van der Waals surface area contributed by atoms with Crippen LogP contribution in [0.3, 0.4) is 0 Å². The number of carbonyl (C=O) groups excluding carboxylic acids is 1. The van der Waals surface area contributed by atoms with E-state index in [4.69, 9.17) is 0 Å². The Kier molecular flexibility index (Phi) is 3.05. The van der Waals surface area contributed by atoms with E-state index in [1.807, 2.05) is 25.1 Å². The number of Topliss-reactive ketones (excluding diaryl/α,β-unsaturated/α-hetero) is 1. The lowest BCUT2D eigenvalue weighted by molar-refractivity contribution is 0.101. The number of halogens is 1. The maximum absolute atomic E-state index is 13.2. The summed E-state index contributed by atoms with van der Waals surface area (Å²) >= 11 is 0. The van der Waals surface area contributed by atoms with Gasteiger partial charge < -0.3 is 0 Å². The fourth-order valence-corrected chi connectivity index (χ4v) is 1.99. The second-order valence-electron chi connectivity index (χ2n) is 4.06. The number of ketones is 1. The highest BCUT2D eigenvalue weighted by Gasteiger charge is 2.11. The maximum Gasteiger partial charge on any atom is 0.160 e. The van der Waals surface area contributed by atoms with Crippen molar-refractivity contribution < 1.29 is 9.18 Å². The minimum atomic E-state index is -0.291. The van der Waals surface area contributed by atoms with Gasteiger partial charge in [-0.1, -0.05) is 30.3 Å². The highest BCUT2D eigenvalue weighted by molar-refractivity contribution is 6.01. The van der Waals surface area contributed by atoms with Crippen LogP contribution in [0.1, 0.15) is 22.8 Å². The van der Waals surface area contributed by atoms with E-state index in [9.17, 15) is 9.18 Å². The molecule has 0 fully saturated rings. The van der Waals surface area contributed by atoms with Gasteiger partial charge in [-0.25, -0.2) is 4.39 Å². The van der Waals surface area contributed by atoms with Gasteiger partial charge in [0.2, 0.25) is 0 Å². The van der Waals surface area contributed by atoms with E-state index in [1.54, 1.807) is 12.1 Å². The van der Waals surface area contributed by atoms with E-state index in [1.165, 1.54) is 19.1 Å². The molecule has 0 atom stereocenters. The first-order valence-electron chi connectivity index (χ1n) is 5.46. The van der Waals surface area contributed by atoms with Crippen LogP contribution in [0.4, 0.5) is 4.39 Å². The lowest BCUT2D eigenvalue weighted by atomic mass is 9.93. The van der Waals surface area contributed by atoms with Crippen molar-refractivity contribution in [1.82, 2.24) is 0 Å². The Bertz CT molecular complexity index is 573. The molecule has 0 unspecified atom stereocenters. The van der Waals surface area contributed by atoms with Gasteiger partial charge in [-0.15, -0.1) is 0 Å². The standard InChI is InChI=1S/C15H13FO/c1-10-5-3-8-14(11(2)17)15(10)12-6-4-7-13(16)9-12/h3-9H,1-2H3. The molecule has 0 amide bonds. The van der Waals surface area contributed by atoms with Crippen LogP contribution in [0.15, 0.2) is 42.5 Å². The SMILES string of the molecule is CC(=O)c1cccc(C)c1-c1cccc(F)c1. The summed E-state index contributed by atoms with van der Waals surface area (Å²) in [4.78, 5) is 11.6. The van der Waals surface area contributed by atoms with Gasteiger partial charge in [-0.3, -0.25) is 4.79 Å². The first kappa shape index (κ1) is 11.5. The molecular formula is C15H13FO. The van der Waals surface area contributed by atoms with E-state index in [0.717, 1.165) is 16.7 Å². The van der Waals surface area contributed by atoms with E-state index >= 15 is 0 Å². The zero-order valence-electron chi connectivity index (χ0n) is 9.83. The first-order valence-corrected chi connectivity index (χ1v) is 5.46. The van der Waals surface area contributed by atoms with Gasteiger partial charge in [0.05, 0.1) is 0 Å². The van der Waals surface area contributed by atoms with Crippen molar-refractivity contribution in [1.29, 1.82) is 0 Å². The van der Waals surface area contributed by atoms with Gasteiger partial charge in [-0.05, 0) is 42.7 Å². The van der Waals surface area contributed by atoms with Crippen molar-refractivity contribution in [3.63, 3.8) is 0 Å². The number of hydrogen-bond donors (Lipinski definition) is 0. The Balaban J connectivity index is 2.70. The fourth-order valence-electron chi connectivity index (χ4n) is 1.99. The highest BCUT2D eigenvalue weighted by atomic mass is 19.1. The smallest absolute Gasteiger partial charge is 0.160 e. The number of carbonyl (C=O) groups is 1. The molecule has 2 aromatic carbocycles. The van der Waals surface area contributed by atoms with Crippen LogP contribution in [0.2, 0.25) is 0 Å². The Morgan fingerprint density at radius 1 is 1.12 bits per heavy atom. The largest absolute Gasteiger partial charge is 0.294 e. The molecule has 2 heteroatoms. The van der Waals surface area contributed by atoms with Gasteiger partial charge in [0, 0.05) is 5.56 Å². The van der Waals surface area contributed by atoms with Crippen LogP contribution in [0.5, 0.6) is 0 Å². The van der Waals surface area contributed by atoms with Crippen LogP contribution in [-0.2, 0) is 0 Å². The minimum absolute atomic E-state index is 0.00652. The second-order valence-corrected chi connectivity index (χ2v) is 4.06. The zero-order valence-corrected chi connectivity index (χ0v) is 9.83. The molecule has 0 aliphatic heterocycles. The molecule has 0 saturated carbocycles. The van der Waals surface area contributed by atoms with Crippen LogP contribution in [0.25, 0.3) is 11.1 Å². The number of aryl methyl sites for hydroxylation is 1. The Morgan fingerprint density at radius 3 is 2.47 bits per heavy atom. The third-order valence-electron chi connectivity index (χ3n) is 2.77. The summed E-state index contributed by atoms with van der Waals surface area (Å²) in [7, 11) is 0. The van der Waals surface area contributed by atoms with Gasteiger partial charge in [0.25, 0.3) is 0 Å². The average Bonchev–Trinajstić information content (AvgIpc) is 2.28. The summed E-state index contributed by atoms with van der Waals surface area (Å²) in [6.45, 7) is 3.45. The van der Waals surface area contributed by atoms with Gasteiger partial charge in [-0.2, -0.15) is 0 Å². The average molecular weight is 228 g/mol. The Hall–Kier alpha value is -1.96. The molecule has 0 aliphatic carbocycles. The molecule has 0 bridgehead atoms. The summed E-state index contributed by atoms with van der Waals surface area (Å²) < 4.78 is 13.2. The lowest BCUT2D eigenvalue weighted by Crippen LogP contribution is -1.98. The molecule has 0 aliphatic rings. The van der Waals surface area contributed by atoms with Crippen LogP contribution >= 0.6 is 0 Å². The molecule has 1 nitrogen and oxygen atoms in total. The molecule has 2 rings (SSSR count). The molecule has 0 aromatic heterocycles. The fraction of sp³-hybridized carbons (Fsp3) is 0.133. The number of benzene rings is 2. The molecular weight excluding hydrogens is 215 g/mol. The lowest BCUT2D eigenvalue weighted by Gasteiger charge is -2.10. The maximum atomic E-state index is 13.2. The minimum Gasteiger partial charge on any atom is -0.294 e. The Morgan fingerprint density at radius 2 is 1.82 bits per heavy atom. The quantitative estimate of drug-likeness (QED) is 0.710. The normalized spacial score (nSPS) is 10.3. The topological polar surface area (TPSA) is 17.1 Å². The van der Waals surface area contributed by atoms with E-state index < -0.39 is 0 Å². The summed E-state index contributed by atoms with van der Waals surface area (Å²) in [6.07, 6.45) is 0. The first-order chi connectivity index (χ1) is 8.09. The van der Waals surface area contributed by atoms with Crippen molar-refractivity contribution in [3.05, 3.63) is 59.4 Å². The molecule has 0 N–H and O–H groups in total. The number of hydrogen-bond acceptors (Lipinski definition) is 1. The summed E-state index contributed by atoms with van der Waals surface area (Å²) in [6, 6.07) is 11.9. The zero-order chi connectivity index (χ0) is 12.4. The van der Waals surface area contributed by atoms with Crippen LogP contribution < -0.4 is 0 Å². The van der Waals surface area contributed by atoms with E-state index in [2.05, 4.69) is 0 Å². The Labute approximate surface area is 99.9 Å². The summed E-state index contributed by atoms with van der Waals surface area (Å²) in [5.74, 6) is -0.298. The van der Waals surface area contributed by atoms with E-state index in [0.29, 0.717) is 5.56 Å². The van der Waals surface area contributed by atoms with Gasteiger partial charge >= 0.3 is 0 Å². The van der Waals surface area contributed by atoms with Crippen molar-refractivity contribution in [2.75, 3.05) is 0 Å². The van der Waals surface area contributed by atoms with Crippen molar-refractivity contribution in [3.8, 4) is 11.1 Å². The van der Waals surface area contributed by atoms with Gasteiger partial charge in [0.15, 0.2) is 5.78 Å². The summed E-state index contributed by atoms with van der Waals surface area (Å²) in [5.41, 5.74) is 3.17. The molecule has 17 heavy (non-hydrogen) atoms. The van der Waals surface area contributed by atoms with Crippen molar-refractivity contribution in [2.24, 2.45) is 0 Å². The predicted octanol–water partition coefficient (Wildman–Crippen LogP) is 4.00. The predicted molar refractivity (Wildman–Crippen MR) is 66.6 cm³/mol. The molecule has 0 heterocycles. The molecule has 0 spiro atoms. The number of rotatable bonds is 2. The van der Waals surface area contributed by atoms with Crippen LogP contribution in [0, 0.1) is 12.7 Å². The van der Waals surface area contributed by atoms with E-state index in [-0.39, 0.29) is 11.6 Å². The molecule has 86 valence electrons. The van der Waals surface area contributed by atoms with Crippen molar-refractivity contribution in [2.45, 2.75) is 13.8 Å². The van der Waals surface area contributed by atoms with Crippen molar-refractivity contribution >= 4 is 5.78 Å². The molecule has 0 radical (unpaired) electrons. The summed E-state index contributed by atoms with van der Waals surface area (Å²) in [5, 5.41) is 0. The highest BCUT2D eigenvalue weighted by Crippen LogP contribution is 2.28. The molecule has 0 saturated heterocycles. The third-order valence-corrected chi connectivity index (χ3v) is 2.77. The van der Waals surface area contributed by atoms with Crippen LogP contribution in [-0.4, -0.2) is 5.78 Å².